The number of carbonyl (C=O) groups excluding carboxylic acids is 1. The van der Waals surface area contributed by atoms with Gasteiger partial charge in [0.15, 0.2) is 11.6 Å². The van der Waals surface area contributed by atoms with Gasteiger partial charge in [0, 0.05) is 11.3 Å². The normalized spacial score (nSPS) is 18.2. The number of benzene rings is 2. The molecule has 2 aromatic carbocycles. The van der Waals surface area contributed by atoms with Gasteiger partial charge in [-0.1, -0.05) is 63.8 Å². The molecule has 0 spiro atoms. The molecule has 4 N–H and O–H groups in total. The molecule has 0 radical (unpaired) electrons. The number of nitrogens with one attached hydrogen (secondary N) is 1. The van der Waals surface area contributed by atoms with Crippen LogP contribution in [0, 0.1) is 0 Å². The molecule has 8 heteroatoms. The third kappa shape index (κ3) is 3.82. The number of carbonyl (C=O) groups is 1. The average molecular weight is 468 g/mol. The molecule has 0 unspecified atom stereocenters. The summed E-state index contributed by atoms with van der Waals surface area (Å²) in [7, 11) is -4.11. The first-order valence-corrected chi connectivity index (χ1v) is 12.8. The predicted molar refractivity (Wildman–Crippen MR) is 131 cm³/mol. The second-order valence-corrected chi connectivity index (χ2v) is 10.3. The lowest BCUT2D eigenvalue weighted by molar-refractivity contribution is -0.121. The van der Waals surface area contributed by atoms with Crippen LogP contribution in [0.25, 0.3) is 5.76 Å². The Morgan fingerprint density at radius 2 is 1.73 bits per heavy atom. The van der Waals surface area contributed by atoms with Crippen molar-refractivity contribution in [3.05, 3.63) is 59.2 Å². The number of hydrogen-bond acceptors (Lipinski definition) is 6. The van der Waals surface area contributed by atoms with E-state index in [2.05, 4.69) is 23.6 Å². The van der Waals surface area contributed by atoms with Crippen LogP contribution in [0.5, 0.6) is 0 Å². The van der Waals surface area contributed by atoms with Gasteiger partial charge in [-0.2, -0.15) is 8.42 Å². The minimum Gasteiger partial charge on any atom is -0.506 e. The van der Waals surface area contributed by atoms with Crippen molar-refractivity contribution in [1.82, 2.24) is 0 Å². The van der Waals surface area contributed by atoms with Gasteiger partial charge in [-0.25, -0.2) is 0 Å². The van der Waals surface area contributed by atoms with E-state index in [-0.39, 0.29) is 33.5 Å². The summed E-state index contributed by atoms with van der Waals surface area (Å²) in [6.45, 7) is 4.14. The highest BCUT2D eigenvalue weighted by Gasteiger charge is 2.48. The van der Waals surface area contributed by atoms with Crippen molar-refractivity contribution < 1.29 is 18.3 Å². The number of hydrogen-bond donors (Lipinski definition) is 3. The molecule has 2 aromatic rings. The number of ketones is 1. The molecule has 33 heavy (non-hydrogen) atoms. The lowest BCUT2D eigenvalue weighted by atomic mass is 9.63. The Bertz CT molecular complexity index is 1270. The molecular weight excluding hydrogens is 438 g/mol. The van der Waals surface area contributed by atoms with Crippen molar-refractivity contribution >= 4 is 38.8 Å². The fourth-order valence-electron chi connectivity index (χ4n) is 4.79. The second kappa shape index (κ2) is 8.67. The van der Waals surface area contributed by atoms with Gasteiger partial charge >= 0.3 is 0 Å². The summed E-state index contributed by atoms with van der Waals surface area (Å²) in [6, 6.07) is 11.8. The van der Waals surface area contributed by atoms with E-state index in [1.807, 2.05) is 12.1 Å². The van der Waals surface area contributed by atoms with Crippen LogP contribution in [0.4, 0.5) is 11.4 Å². The third-order valence-electron chi connectivity index (χ3n) is 6.50. The van der Waals surface area contributed by atoms with Gasteiger partial charge in [-0.3, -0.25) is 4.79 Å². The van der Waals surface area contributed by atoms with Crippen LogP contribution < -0.4 is 11.1 Å². The predicted octanol–water partition coefficient (Wildman–Crippen LogP) is 4.95. The first-order chi connectivity index (χ1) is 15.7. The molecule has 0 amide bonds. The van der Waals surface area contributed by atoms with E-state index in [0.717, 1.165) is 31.2 Å². The van der Waals surface area contributed by atoms with Gasteiger partial charge in [0.1, 0.15) is 16.2 Å². The number of nitrogen functional groups attached to an aromatic ring is 1. The number of anilines is 2. The number of unbranched alkanes of at least 4 members (excludes halogenated alkanes) is 2. The molecule has 0 aromatic heterocycles. The Kier molecular flexibility index (Phi) is 6.05. The van der Waals surface area contributed by atoms with Crippen LogP contribution in [0.1, 0.15) is 63.5 Å². The Hall–Kier alpha value is -3.13. The van der Waals surface area contributed by atoms with Gasteiger partial charge < -0.3 is 16.2 Å². The molecule has 0 saturated heterocycles. The van der Waals surface area contributed by atoms with Crippen LogP contribution in [0.15, 0.2) is 57.3 Å². The smallest absolute Gasteiger partial charge is 0.286 e. The van der Waals surface area contributed by atoms with Crippen molar-refractivity contribution in [3.63, 3.8) is 0 Å². The number of sulfonamides is 1. The minimum atomic E-state index is -4.11. The topological polar surface area (TPSA) is 122 Å². The molecule has 1 aliphatic carbocycles. The van der Waals surface area contributed by atoms with Crippen molar-refractivity contribution in [2.45, 2.75) is 62.7 Å². The second-order valence-electron chi connectivity index (χ2n) is 8.68. The van der Waals surface area contributed by atoms with E-state index in [0.29, 0.717) is 24.1 Å². The SMILES string of the molecule is CCCCC1(CCCC)C(=O)C(C2=NS(=O)(=O)c3cc(N)ccc3N2)=C(O)c2ccccc21. The van der Waals surface area contributed by atoms with Crippen molar-refractivity contribution in [2.24, 2.45) is 4.40 Å². The van der Waals surface area contributed by atoms with Crippen LogP contribution >= 0.6 is 0 Å². The van der Waals surface area contributed by atoms with Crippen LogP contribution in [-0.2, 0) is 20.2 Å². The van der Waals surface area contributed by atoms with E-state index < -0.39 is 15.4 Å². The van der Waals surface area contributed by atoms with Gasteiger partial charge in [0.2, 0.25) is 0 Å². The maximum absolute atomic E-state index is 14.2. The first-order valence-electron chi connectivity index (χ1n) is 11.3. The Balaban J connectivity index is 1.93. The summed E-state index contributed by atoms with van der Waals surface area (Å²) >= 11 is 0. The van der Waals surface area contributed by atoms with Crippen molar-refractivity contribution in [1.29, 1.82) is 0 Å². The molecule has 2 aliphatic rings. The lowest BCUT2D eigenvalue weighted by Crippen LogP contribution is -2.44. The molecule has 7 nitrogen and oxygen atoms in total. The van der Waals surface area contributed by atoms with Crippen molar-refractivity contribution in [2.75, 3.05) is 11.1 Å². The van der Waals surface area contributed by atoms with Gasteiger partial charge in [-0.05, 0) is 36.6 Å². The monoisotopic (exact) mass is 467 g/mol. The molecule has 1 heterocycles. The molecule has 4 rings (SSSR count). The molecule has 0 fully saturated rings. The Morgan fingerprint density at radius 1 is 1.06 bits per heavy atom. The fraction of sp³-hybridized carbons (Fsp3) is 0.360. The van der Waals surface area contributed by atoms with Gasteiger partial charge in [0.05, 0.1) is 11.1 Å². The van der Waals surface area contributed by atoms with Crippen LogP contribution in [-0.4, -0.2) is 25.1 Å². The lowest BCUT2D eigenvalue weighted by Gasteiger charge is -2.39. The van der Waals surface area contributed by atoms with E-state index in [1.54, 1.807) is 18.2 Å². The summed E-state index contributed by atoms with van der Waals surface area (Å²) in [5.74, 6) is -0.692. The number of nitrogens with two attached hydrogens (primary N) is 1. The Morgan fingerprint density at radius 3 is 2.39 bits per heavy atom. The summed E-state index contributed by atoms with van der Waals surface area (Å²) in [5, 5.41) is 14.2. The van der Waals surface area contributed by atoms with E-state index in [1.165, 1.54) is 12.1 Å². The van der Waals surface area contributed by atoms with Crippen LogP contribution in [0.2, 0.25) is 0 Å². The van der Waals surface area contributed by atoms with E-state index in [9.17, 15) is 18.3 Å². The number of nitrogens with zero attached hydrogens (tertiary/aromatic N) is 1. The maximum atomic E-state index is 14.2. The van der Waals surface area contributed by atoms with Gasteiger partial charge in [-0.15, -0.1) is 4.40 Å². The molecule has 0 atom stereocenters. The summed E-state index contributed by atoms with van der Waals surface area (Å²) in [5.41, 5.74) is 6.74. The number of fused-ring (bicyclic) bond motifs is 2. The largest absolute Gasteiger partial charge is 0.506 e. The molecule has 1 aliphatic heterocycles. The average Bonchev–Trinajstić information content (AvgIpc) is 2.79. The summed E-state index contributed by atoms with van der Waals surface area (Å²) in [6.07, 6.45) is 4.72. The molecule has 0 saturated carbocycles. The minimum absolute atomic E-state index is 0.0572. The maximum Gasteiger partial charge on any atom is 0.286 e. The third-order valence-corrected chi connectivity index (χ3v) is 7.81. The van der Waals surface area contributed by atoms with Crippen molar-refractivity contribution in [3.8, 4) is 0 Å². The van der Waals surface area contributed by atoms with E-state index >= 15 is 0 Å². The summed E-state index contributed by atoms with van der Waals surface area (Å²) in [4.78, 5) is 14.1. The Labute approximate surface area is 194 Å². The zero-order valence-corrected chi connectivity index (χ0v) is 19.7. The zero-order chi connectivity index (χ0) is 23.8. The summed E-state index contributed by atoms with van der Waals surface area (Å²) < 4.78 is 29.8. The molecule has 0 bridgehead atoms. The number of aliphatic hydroxyl groups excluding tert-OH is 1. The number of aliphatic hydroxyl groups is 1. The first kappa shape index (κ1) is 23.0. The highest BCUT2D eigenvalue weighted by atomic mass is 32.2. The number of amidine groups is 1. The standard InChI is InChI=1S/C25H29N3O4S/c1-3-5-13-25(14-6-4-2)18-10-8-7-9-17(18)22(29)21(23(25)30)24-27-19-12-11-16(26)15-20(19)33(31,32)28-24/h7-12,15,29H,3-6,13-14,26H2,1-2H3,(H,27,28). The highest BCUT2D eigenvalue weighted by Crippen LogP contribution is 2.47. The fourth-order valence-corrected chi connectivity index (χ4v) is 5.95. The number of Topliss-reactive ketones (excluding diaryl/α,β-unsaturated/α-hetero) is 1. The molecular formula is C25H29N3O4S. The van der Waals surface area contributed by atoms with Gasteiger partial charge in [0.25, 0.3) is 10.0 Å². The van der Waals surface area contributed by atoms with Crippen LogP contribution in [0.3, 0.4) is 0 Å². The number of rotatable bonds is 7. The zero-order valence-electron chi connectivity index (χ0n) is 18.9. The highest BCUT2D eigenvalue weighted by molar-refractivity contribution is 7.90. The molecule has 174 valence electrons. The van der Waals surface area contributed by atoms with E-state index in [4.69, 9.17) is 5.73 Å². The quantitative estimate of drug-likeness (QED) is 0.495.